The maximum Gasteiger partial charge on any atom is 0.490 e. The van der Waals surface area contributed by atoms with Gasteiger partial charge in [0.15, 0.2) is 0 Å². The molecular weight excluding hydrogens is 592 g/mol. The fraction of sp³-hybridized carbons (Fsp3) is 0.192. The number of para-hydroxylation sites is 1. The number of nitrogens with zero attached hydrogens (tertiary/aromatic N) is 2. The number of aromatic nitrogens is 2. The Balaban J connectivity index is 0.000000587. The third kappa shape index (κ3) is 7.52. The van der Waals surface area contributed by atoms with E-state index in [2.05, 4.69) is 15.0 Å². The van der Waals surface area contributed by atoms with Crippen LogP contribution in [0.1, 0.15) is 18.9 Å². The first-order valence-corrected chi connectivity index (χ1v) is 13.8. The van der Waals surface area contributed by atoms with Gasteiger partial charge in [0.05, 0.1) is 38.7 Å². The van der Waals surface area contributed by atoms with Crippen LogP contribution in [0.3, 0.4) is 0 Å². The summed E-state index contributed by atoms with van der Waals surface area (Å²) >= 11 is 6.37. The number of carboxylic acid groups (broad SMARTS) is 1. The second-order valence-electron chi connectivity index (χ2n) is 8.52. The van der Waals surface area contributed by atoms with E-state index in [0.29, 0.717) is 34.3 Å². The maximum atomic E-state index is 14.7. The minimum Gasteiger partial charge on any atom is -0.475 e. The van der Waals surface area contributed by atoms with E-state index < -0.39 is 28.0 Å². The summed E-state index contributed by atoms with van der Waals surface area (Å²) in [5.74, 6) is -3.52. The van der Waals surface area contributed by atoms with E-state index in [1.807, 2.05) is 18.2 Å². The van der Waals surface area contributed by atoms with E-state index in [-0.39, 0.29) is 27.7 Å². The monoisotopic (exact) mass is 614 g/mol. The zero-order valence-corrected chi connectivity index (χ0v) is 23.0. The predicted molar refractivity (Wildman–Crippen MR) is 148 cm³/mol. The first-order chi connectivity index (χ1) is 19.2. The van der Waals surface area contributed by atoms with Crippen molar-refractivity contribution in [3.63, 3.8) is 0 Å². The van der Waals surface area contributed by atoms with Gasteiger partial charge in [0.2, 0.25) is 10.0 Å². The average molecular weight is 615 g/mol. The molecule has 3 N–H and O–H groups in total. The molecule has 9 nitrogen and oxygen atoms in total. The van der Waals surface area contributed by atoms with Crippen LogP contribution in [0.25, 0.3) is 16.6 Å². The Bertz CT molecular complexity index is 1750. The fourth-order valence-corrected chi connectivity index (χ4v) is 5.09. The number of alkyl halides is 3. The zero-order chi connectivity index (χ0) is 30.5. The van der Waals surface area contributed by atoms with E-state index in [1.54, 1.807) is 38.1 Å². The molecule has 0 saturated heterocycles. The Morgan fingerprint density at radius 2 is 1.68 bits per heavy atom. The van der Waals surface area contributed by atoms with Gasteiger partial charge >= 0.3 is 12.1 Å². The summed E-state index contributed by atoms with van der Waals surface area (Å²) in [6.07, 6.45) is -3.20. The molecule has 41 heavy (non-hydrogen) atoms. The van der Waals surface area contributed by atoms with Crippen molar-refractivity contribution in [3.05, 3.63) is 87.7 Å². The van der Waals surface area contributed by atoms with E-state index >= 15 is 0 Å². The van der Waals surface area contributed by atoms with Gasteiger partial charge in [0.1, 0.15) is 12.1 Å². The van der Waals surface area contributed by atoms with Gasteiger partial charge in [0.25, 0.3) is 5.56 Å². The fourth-order valence-electron chi connectivity index (χ4n) is 3.64. The Kier molecular flexibility index (Phi) is 9.61. The molecule has 0 aliphatic heterocycles. The van der Waals surface area contributed by atoms with Crippen LogP contribution in [0, 0.1) is 12.7 Å². The molecule has 15 heteroatoms. The normalized spacial score (nSPS) is 11.5. The third-order valence-electron chi connectivity index (χ3n) is 5.55. The number of halogens is 5. The van der Waals surface area contributed by atoms with Gasteiger partial charge in [-0.1, -0.05) is 36.7 Å². The van der Waals surface area contributed by atoms with Crippen molar-refractivity contribution < 1.29 is 35.9 Å². The van der Waals surface area contributed by atoms with Gasteiger partial charge in [-0.05, 0) is 55.3 Å². The number of fused-ring (bicyclic) bond motifs is 1. The molecule has 0 radical (unpaired) electrons. The van der Waals surface area contributed by atoms with Crippen molar-refractivity contribution in [2.24, 2.45) is 0 Å². The van der Waals surface area contributed by atoms with Crippen molar-refractivity contribution in [1.82, 2.24) is 9.55 Å². The summed E-state index contributed by atoms with van der Waals surface area (Å²) in [6, 6.07) is 14.8. The highest BCUT2D eigenvalue weighted by Crippen LogP contribution is 2.36. The number of aryl methyl sites for hydroxylation is 1. The van der Waals surface area contributed by atoms with Gasteiger partial charge in [-0.2, -0.15) is 13.2 Å². The number of rotatable bonds is 7. The third-order valence-corrected chi connectivity index (χ3v) is 7.42. The number of nitrogens with one attached hydrogen (secondary N) is 2. The quantitative estimate of drug-likeness (QED) is 0.217. The van der Waals surface area contributed by atoms with Crippen LogP contribution in [0.5, 0.6) is 0 Å². The molecule has 0 saturated carbocycles. The first kappa shape index (κ1) is 31.4. The summed E-state index contributed by atoms with van der Waals surface area (Å²) in [4.78, 5) is 26.6. The lowest BCUT2D eigenvalue weighted by atomic mass is 10.1. The predicted octanol–water partition coefficient (Wildman–Crippen LogP) is 6.02. The zero-order valence-electron chi connectivity index (χ0n) is 21.5. The molecule has 1 heterocycles. The van der Waals surface area contributed by atoms with Crippen LogP contribution < -0.4 is 15.6 Å². The minimum absolute atomic E-state index is 0.0607. The molecule has 0 aliphatic rings. The van der Waals surface area contributed by atoms with Crippen LogP contribution in [0.15, 0.2) is 65.7 Å². The molecule has 4 aromatic rings. The maximum absolute atomic E-state index is 14.7. The van der Waals surface area contributed by atoms with E-state index in [0.717, 1.165) is 6.07 Å². The number of carbonyl (C=O) groups is 1. The Labute approximate surface area is 236 Å². The highest BCUT2D eigenvalue weighted by molar-refractivity contribution is 7.92. The molecule has 0 atom stereocenters. The SMILES string of the molecule is CCCS(=O)(=O)Nc1ccc(F)c(Nc2ccc3ncn(-c4ccccc4)c(=O)c3c2C)c1Cl.O=C(O)C(F)(F)F. The smallest absolute Gasteiger partial charge is 0.475 e. The molecular formula is C26H23ClF4N4O5S. The molecule has 3 aromatic carbocycles. The van der Waals surface area contributed by atoms with Crippen molar-refractivity contribution in [2.45, 2.75) is 26.4 Å². The molecule has 1 aromatic heterocycles. The molecule has 0 unspecified atom stereocenters. The van der Waals surface area contributed by atoms with Crippen molar-refractivity contribution >= 4 is 55.6 Å². The molecule has 0 spiro atoms. The Morgan fingerprint density at radius 1 is 1.07 bits per heavy atom. The number of hydrogen-bond acceptors (Lipinski definition) is 6. The van der Waals surface area contributed by atoms with E-state index in [4.69, 9.17) is 21.5 Å². The molecule has 0 fully saturated rings. The number of carboxylic acids is 1. The lowest BCUT2D eigenvalue weighted by Crippen LogP contribution is -2.21. The van der Waals surface area contributed by atoms with Gasteiger partial charge in [-0.25, -0.2) is 22.6 Å². The molecule has 218 valence electrons. The molecule has 0 amide bonds. The second kappa shape index (κ2) is 12.6. The average Bonchev–Trinajstić information content (AvgIpc) is 2.89. The summed E-state index contributed by atoms with van der Waals surface area (Å²) < 4.78 is 74.6. The number of anilines is 3. The number of aliphatic carboxylic acids is 1. The van der Waals surface area contributed by atoms with Crippen LogP contribution in [-0.4, -0.2) is 41.0 Å². The number of sulfonamides is 1. The molecule has 0 aliphatic carbocycles. The highest BCUT2D eigenvalue weighted by Gasteiger charge is 2.38. The van der Waals surface area contributed by atoms with Gasteiger partial charge in [-0.15, -0.1) is 0 Å². The van der Waals surface area contributed by atoms with Crippen molar-refractivity contribution in [1.29, 1.82) is 0 Å². The Hall–Kier alpha value is -4.17. The van der Waals surface area contributed by atoms with Crippen molar-refractivity contribution in [3.8, 4) is 5.69 Å². The van der Waals surface area contributed by atoms with Crippen LogP contribution in [0.4, 0.5) is 34.6 Å². The van der Waals surface area contributed by atoms with Crippen LogP contribution >= 0.6 is 11.6 Å². The van der Waals surface area contributed by atoms with Gasteiger partial charge in [0, 0.05) is 5.69 Å². The lowest BCUT2D eigenvalue weighted by Gasteiger charge is -2.17. The van der Waals surface area contributed by atoms with Crippen LogP contribution in [-0.2, 0) is 14.8 Å². The molecule has 0 bridgehead atoms. The standard InChI is InChI=1S/C24H22ClFN4O3S.C2HF3O2/c1-3-13-34(32,33)29-20-10-9-17(26)23(22(20)25)28-18-11-12-19-21(15(18)2)24(31)30(14-27-19)16-7-5-4-6-8-16;3-2(4,5)1(6)7/h4-12,14,28-29H,3,13H2,1-2H3;(H,6,7). The second-order valence-corrected chi connectivity index (χ2v) is 10.7. The highest BCUT2D eigenvalue weighted by atomic mass is 35.5. The van der Waals surface area contributed by atoms with Crippen LogP contribution in [0.2, 0.25) is 5.02 Å². The summed E-state index contributed by atoms with van der Waals surface area (Å²) in [5.41, 5.74) is 1.83. The first-order valence-electron chi connectivity index (χ1n) is 11.8. The van der Waals surface area contributed by atoms with Gasteiger partial charge < -0.3 is 10.4 Å². The Morgan fingerprint density at radius 3 is 2.27 bits per heavy atom. The summed E-state index contributed by atoms with van der Waals surface area (Å²) in [6.45, 7) is 3.46. The topological polar surface area (TPSA) is 130 Å². The van der Waals surface area contributed by atoms with Crippen molar-refractivity contribution in [2.75, 3.05) is 15.8 Å². The van der Waals surface area contributed by atoms with E-state index in [9.17, 15) is 30.8 Å². The van der Waals surface area contributed by atoms with Gasteiger partial charge in [-0.3, -0.25) is 14.1 Å². The summed E-state index contributed by atoms with van der Waals surface area (Å²) in [7, 11) is -3.62. The molecule has 4 rings (SSSR count). The number of benzene rings is 3. The van der Waals surface area contributed by atoms with E-state index in [1.165, 1.54) is 17.0 Å². The summed E-state index contributed by atoms with van der Waals surface area (Å²) in [5, 5.41) is 10.3. The largest absolute Gasteiger partial charge is 0.490 e. The lowest BCUT2D eigenvalue weighted by molar-refractivity contribution is -0.192. The number of hydrogen-bond donors (Lipinski definition) is 3. The minimum atomic E-state index is -5.08.